The van der Waals surface area contributed by atoms with Crippen LogP contribution in [0.3, 0.4) is 0 Å². The molecule has 1 aliphatic heterocycles. The Morgan fingerprint density at radius 3 is 2.67 bits per heavy atom. The van der Waals surface area contributed by atoms with E-state index in [1.807, 2.05) is 20.8 Å². The molecule has 0 radical (unpaired) electrons. The van der Waals surface area contributed by atoms with Gasteiger partial charge < -0.3 is 14.7 Å². The summed E-state index contributed by atoms with van der Waals surface area (Å²) in [5.41, 5.74) is 0.139. The van der Waals surface area contributed by atoms with Gasteiger partial charge in [0.15, 0.2) is 0 Å². The molecule has 1 aromatic rings. The second-order valence-corrected chi connectivity index (χ2v) is 6.95. The first kappa shape index (κ1) is 13.8. The van der Waals surface area contributed by atoms with Crippen molar-refractivity contribution in [3.8, 4) is 0 Å². The molecule has 0 aliphatic carbocycles. The lowest BCUT2D eigenvalue weighted by Gasteiger charge is -2.45. The Hall–Kier alpha value is -0.660. The Morgan fingerprint density at radius 1 is 1.61 bits per heavy atom. The number of rotatable bonds is 1. The van der Waals surface area contributed by atoms with Crippen LogP contribution in [0.25, 0.3) is 0 Å². The number of aliphatic hydroxyl groups is 1. The highest BCUT2D eigenvalue weighted by atomic mass is 79.9. The third-order valence-corrected chi connectivity index (χ3v) is 4.39. The maximum atomic E-state index is 11.8. The SMILES string of the molecule is CC(C)(C)OC(=O)N1CC(O)(c2scnc2Br)C1. The van der Waals surface area contributed by atoms with Crippen molar-refractivity contribution < 1.29 is 14.6 Å². The van der Waals surface area contributed by atoms with Crippen LogP contribution in [-0.4, -0.2) is 39.8 Å². The summed E-state index contributed by atoms with van der Waals surface area (Å²) >= 11 is 4.66. The topological polar surface area (TPSA) is 62.7 Å². The lowest BCUT2D eigenvalue weighted by molar-refractivity contribution is -0.102. The summed E-state index contributed by atoms with van der Waals surface area (Å²) < 4.78 is 5.87. The van der Waals surface area contributed by atoms with Crippen LogP contribution in [0.1, 0.15) is 25.6 Å². The van der Waals surface area contributed by atoms with Gasteiger partial charge in [-0.3, -0.25) is 0 Å². The van der Waals surface area contributed by atoms with Crippen molar-refractivity contribution in [2.24, 2.45) is 0 Å². The fourth-order valence-corrected chi connectivity index (χ4v) is 3.37. The molecule has 1 aromatic heterocycles. The van der Waals surface area contributed by atoms with Gasteiger partial charge in [0.1, 0.15) is 15.8 Å². The molecule has 1 aliphatic rings. The number of nitrogens with zero attached hydrogens (tertiary/aromatic N) is 2. The summed E-state index contributed by atoms with van der Waals surface area (Å²) in [6.07, 6.45) is -0.396. The number of carbonyl (C=O) groups excluding carboxylic acids is 1. The van der Waals surface area contributed by atoms with E-state index in [1.165, 1.54) is 16.2 Å². The zero-order valence-electron chi connectivity index (χ0n) is 10.4. The summed E-state index contributed by atoms with van der Waals surface area (Å²) in [6, 6.07) is 0. The van der Waals surface area contributed by atoms with Crippen LogP contribution in [0.15, 0.2) is 10.1 Å². The van der Waals surface area contributed by atoms with E-state index in [9.17, 15) is 9.90 Å². The third-order valence-electron chi connectivity index (χ3n) is 2.50. The molecule has 2 rings (SSSR count). The summed E-state index contributed by atoms with van der Waals surface area (Å²) in [5, 5.41) is 10.4. The monoisotopic (exact) mass is 334 g/mol. The second kappa shape index (κ2) is 4.47. The number of carbonyl (C=O) groups is 1. The summed E-state index contributed by atoms with van der Waals surface area (Å²) in [4.78, 5) is 18.0. The molecule has 0 atom stereocenters. The maximum Gasteiger partial charge on any atom is 0.410 e. The minimum absolute atomic E-state index is 0.239. The van der Waals surface area contributed by atoms with E-state index in [0.717, 1.165) is 4.88 Å². The first-order valence-electron chi connectivity index (χ1n) is 5.51. The molecule has 0 bridgehead atoms. The number of ether oxygens (including phenoxy) is 1. The average Bonchev–Trinajstić information content (AvgIpc) is 2.57. The molecular weight excluding hydrogens is 320 g/mol. The fourth-order valence-electron chi connectivity index (χ4n) is 1.72. The lowest BCUT2D eigenvalue weighted by atomic mass is 9.93. The Balaban J connectivity index is 1.98. The zero-order chi connectivity index (χ0) is 13.6. The second-order valence-electron chi connectivity index (χ2n) is 5.34. The molecule has 1 fully saturated rings. The molecule has 18 heavy (non-hydrogen) atoms. The molecular formula is C11H15BrN2O3S. The average molecular weight is 335 g/mol. The van der Waals surface area contributed by atoms with Crippen molar-refractivity contribution >= 4 is 33.4 Å². The van der Waals surface area contributed by atoms with Gasteiger partial charge in [-0.2, -0.15) is 0 Å². The molecule has 2 heterocycles. The van der Waals surface area contributed by atoms with Gasteiger partial charge in [0.25, 0.3) is 0 Å². The highest BCUT2D eigenvalue weighted by Gasteiger charge is 2.48. The number of aromatic nitrogens is 1. The highest BCUT2D eigenvalue weighted by molar-refractivity contribution is 9.10. The van der Waals surface area contributed by atoms with Crippen molar-refractivity contribution in [1.29, 1.82) is 0 Å². The van der Waals surface area contributed by atoms with E-state index in [-0.39, 0.29) is 13.1 Å². The number of halogens is 1. The number of amides is 1. The first-order valence-corrected chi connectivity index (χ1v) is 7.18. The van der Waals surface area contributed by atoms with Crippen LogP contribution >= 0.6 is 27.3 Å². The van der Waals surface area contributed by atoms with Crippen molar-refractivity contribution in [2.45, 2.75) is 32.0 Å². The highest BCUT2D eigenvalue weighted by Crippen LogP contribution is 2.38. The quantitative estimate of drug-likeness (QED) is 0.856. The summed E-state index contributed by atoms with van der Waals surface area (Å²) in [5.74, 6) is 0. The smallest absolute Gasteiger partial charge is 0.410 e. The van der Waals surface area contributed by atoms with E-state index in [2.05, 4.69) is 20.9 Å². The van der Waals surface area contributed by atoms with Gasteiger partial charge in [0, 0.05) is 0 Å². The predicted octanol–water partition coefficient (Wildman–Crippen LogP) is 2.34. The number of likely N-dealkylation sites (tertiary alicyclic amines) is 1. The van der Waals surface area contributed by atoms with Crippen molar-refractivity contribution in [3.63, 3.8) is 0 Å². The minimum Gasteiger partial charge on any atom is -0.444 e. The number of hydrogen-bond donors (Lipinski definition) is 1. The number of thiazole rings is 1. The minimum atomic E-state index is -1.00. The predicted molar refractivity (Wildman–Crippen MR) is 71.5 cm³/mol. The van der Waals surface area contributed by atoms with E-state index >= 15 is 0 Å². The number of hydrogen-bond acceptors (Lipinski definition) is 5. The van der Waals surface area contributed by atoms with Gasteiger partial charge in [-0.1, -0.05) is 0 Å². The van der Waals surface area contributed by atoms with Crippen LogP contribution in [0.2, 0.25) is 0 Å². The Labute approximate surface area is 118 Å². The first-order chi connectivity index (χ1) is 8.21. The van der Waals surface area contributed by atoms with Crippen LogP contribution in [0.5, 0.6) is 0 Å². The van der Waals surface area contributed by atoms with Crippen LogP contribution in [0, 0.1) is 0 Å². The number of β-amino-alcohol motifs (C(OH)–C–C–N with tert-alkyl or cyclic N) is 1. The van der Waals surface area contributed by atoms with Crippen molar-refractivity contribution in [2.75, 3.05) is 13.1 Å². The molecule has 7 heteroatoms. The van der Waals surface area contributed by atoms with Crippen molar-refractivity contribution in [1.82, 2.24) is 9.88 Å². The van der Waals surface area contributed by atoms with Gasteiger partial charge in [-0.25, -0.2) is 9.78 Å². The largest absolute Gasteiger partial charge is 0.444 e. The normalized spacial score (nSPS) is 18.4. The fraction of sp³-hybridized carbons (Fsp3) is 0.636. The zero-order valence-corrected chi connectivity index (χ0v) is 12.8. The van der Waals surface area contributed by atoms with Crippen LogP contribution < -0.4 is 0 Å². The Bertz CT molecular complexity index is 463. The van der Waals surface area contributed by atoms with Gasteiger partial charge >= 0.3 is 6.09 Å². The summed E-state index contributed by atoms with van der Waals surface area (Å²) in [7, 11) is 0. The molecule has 1 N–H and O–H groups in total. The van der Waals surface area contributed by atoms with E-state index < -0.39 is 17.3 Å². The third kappa shape index (κ3) is 2.67. The van der Waals surface area contributed by atoms with Gasteiger partial charge in [-0.15, -0.1) is 11.3 Å². The standard InChI is InChI=1S/C11H15BrN2O3S/c1-10(2,3)17-9(15)14-4-11(16,5-14)7-8(12)13-6-18-7/h6,16H,4-5H2,1-3H3. The molecule has 5 nitrogen and oxygen atoms in total. The van der Waals surface area contributed by atoms with Crippen LogP contribution in [-0.2, 0) is 10.3 Å². The molecule has 0 spiro atoms. The van der Waals surface area contributed by atoms with Gasteiger partial charge in [0.05, 0.1) is 23.5 Å². The molecule has 0 aromatic carbocycles. The molecule has 1 saturated heterocycles. The van der Waals surface area contributed by atoms with E-state index in [4.69, 9.17) is 4.74 Å². The molecule has 100 valence electrons. The summed E-state index contributed by atoms with van der Waals surface area (Å²) in [6.45, 7) is 5.93. The van der Waals surface area contributed by atoms with Crippen molar-refractivity contribution in [3.05, 3.63) is 15.0 Å². The van der Waals surface area contributed by atoms with Gasteiger partial charge in [0.2, 0.25) is 0 Å². The molecule has 0 unspecified atom stereocenters. The maximum absolute atomic E-state index is 11.8. The van der Waals surface area contributed by atoms with Crippen LogP contribution in [0.4, 0.5) is 4.79 Å². The molecule has 1 amide bonds. The van der Waals surface area contributed by atoms with E-state index in [0.29, 0.717) is 4.60 Å². The van der Waals surface area contributed by atoms with E-state index in [1.54, 1.807) is 5.51 Å². The Kier molecular flexibility index (Phi) is 3.42. The molecule has 0 saturated carbocycles. The Morgan fingerprint density at radius 2 is 2.22 bits per heavy atom. The lowest BCUT2D eigenvalue weighted by Crippen LogP contribution is -2.61. The van der Waals surface area contributed by atoms with Gasteiger partial charge in [-0.05, 0) is 36.7 Å².